The van der Waals surface area contributed by atoms with Crippen molar-refractivity contribution in [3.63, 3.8) is 0 Å². The highest BCUT2D eigenvalue weighted by Crippen LogP contribution is 2.35. The Bertz CT molecular complexity index is 389. The quantitative estimate of drug-likeness (QED) is 0.801. The van der Waals surface area contributed by atoms with Crippen LogP contribution >= 0.6 is 0 Å². The molecule has 3 heteroatoms. The molecule has 0 N–H and O–H groups in total. The summed E-state index contributed by atoms with van der Waals surface area (Å²) in [7, 11) is 0. The third-order valence-electron chi connectivity index (χ3n) is 4.11. The minimum Gasteiger partial charge on any atom is -0.469 e. The lowest BCUT2D eigenvalue weighted by molar-refractivity contribution is -0.134. The Morgan fingerprint density at radius 1 is 1.22 bits per heavy atom. The number of amides is 1. The number of aryl methyl sites for hydroxylation is 1. The van der Waals surface area contributed by atoms with Crippen LogP contribution < -0.4 is 0 Å². The molecule has 1 aromatic rings. The maximum Gasteiger partial charge on any atom is 0.223 e. The Morgan fingerprint density at radius 3 is 2.56 bits per heavy atom. The molecule has 0 radical (unpaired) electrons. The molecular formula is C15H21NO2. The van der Waals surface area contributed by atoms with Crippen molar-refractivity contribution >= 4 is 5.91 Å². The lowest BCUT2D eigenvalue weighted by Gasteiger charge is -2.29. The summed E-state index contributed by atoms with van der Waals surface area (Å²) in [4.78, 5) is 14.6. The Labute approximate surface area is 108 Å². The number of hydrogen-bond donors (Lipinski definition) is 0. The van der Waals surface area contributed by atoms with Crippen molar-refractivity contribution in [3.8, 4) is 0 Å². The van der Waals surface area contributed by atoms with Crippen molar-refractivity contribution in [2.45, 2.75) is 63.5 Å². The van der Waals surface area contributed by atoms with Crippen molar-refractivity contribution in [2.75, 3.05) is 0 Å². The molecule has 0 aromatic carbocycles. The number of nitrogens with zero attached hydrogens (tertiary/aromatic N) is 1. The zero-order chi connectivity index (χ0) is 12.4. The Balaban J connectivity index is 1.57. The summed E-state index contributed by atoms with van der Waals surface area (Å²) >= 11 is 0. The molecule has 3 nitrogen and oxygen atoms in total. The molecule has 2 aliphatic rings. The molecule has 2 aliphatic carbocycles. The fraction of sp³-hybridized carbons (Fsp3) is 0.667. The van der Waals surface area contributed by atoms with Crippen LogP contribution in [0.15, 0.2) is 22.8 Å². The van der Waals surface area contributed by atoms with E-state index in [1.54, 1.807) is 6.26 Å². The van der Waals surface area contributed by atoms with Crippen molar-refractivity contribution in [2.24, 2.45) is 0 Å². The number of carbonyl (C=O) groups excluding carboxylic acids is 1. The van der Waals surface area contributed by atoms with Gasteiger partial charge in [-0.15, -0.1) is 0 Å². The van der Waals surface area contributed by atoms with E-state index < -0.39 is 0 Å². The highest BCUT2D eigenvalue weighted by atomic mass is 16.3. The van der Waals surface area contributed by atoms with E-state index in [-0.39, 0.29) is 0 Å². The molecule has 0 saturated heterocycles. The smallest absolute Gasteiger partial charge is 0.223 e. The zero-order valence-electron chi connectivity index (χ0n) is 10.8. The predicted octanol–water partition coefficient (Wildman–Crippen LogP) is 3.15. The van der Waals surface area contributed by atoms with Crippen LogP contribution in [0.2, 0.25) is 0 Å². The summed E-state index contributed by atoms with van der Waals surface area (Å²) < 4.78 is 5.29. The minimum atomic E-state index is 0.334. The van der Waals surface area contributed by atoms with Crippen LogP contribution in [-0.2, 0) is 11.2 Å². The second kappa shape index (κ2) is 5.17. The van der Waals surface area contributed by atoms with E-state index in [0.717, 1.165) is 12.2 Å². The molecule has 1 heterocycles. The molecule has 0 spiro atoms. The Morgan fingerprint density at radius 2 is 1.94 bits per heavy atom. The van der Waals surface area contributed by atoms with Crippen molar-refractivity contribution in [1.29, 1.82) is 0 Å². The molecule has 1 aromatic heterocycles. The second-order valence-electron chi connectivity index (χ2n) is 5.55. The van der Waals surface area contributed by atoms with Gasteiger partial charge in [-0.2, -0.15) is 0 Å². The molecule has 0 atom stereocenters. The summed E-state index contributed by atoms with van der Waals surface area (Å²) in [5, 5.41) is 0. The molecule has 2 fully saturated rings. The van der Waals surface area contributed by atoms with Gasteiger partial charge in [-0.3, -0.25) is 4.79 Å². The maximum atomic E-state index is 12.4. The third kappa shape index (κ3) is 2.60. The topological polar surface area (TPSA) is 33.5 Å². The summed E-state index contributed by atoms with van der Waals surface area (Å²) in [6.45, 7) is 0. The average molecular weight is 247 g/mol. The van der Waals surface area contributed by atoms with E-state index in [9.17, 15) is 4.79 Å². The normalized spacial score (nSPS) is 20.2. The first-order valence-corrected chi connectivity index (χ1v) is 7.18. The highest BCUT2D eigenvalue weighted by Gasteiger charge is 2.37. The third-order valence-corrected chi connectivity index (χ3v) is 4.11. The summed E-state index contributed by atoms with van der Waals surface area (Å²) in [5.74, 6) is 1.26. The van der Waals surface area contributed by atoms with Gasteiger partial charge >= 0.3 is 0 Å². The first kappa shape index (κ1) is 11.8. The van der Waals surface area contributed by atoms with Crippen LogP contribution in [0.1, 0.15) is 50.7 Å². The van der Waals surface area contributed by atoms with Crippen molar-refractivity contribution < 1.29 is 9.21 Å². The molecule has 98 valence electrons. The van der Waals surface area contributed by atoms with Crippen molar-refractivity contribution in [3.05, 3.63) is 24.2 Å². The van der Waals surface area contributed by atoms with Gasteiger partial charge in [0, 0.05) is 24.9 Å². The van der Waals surface area contributed by atoms with E-state index in [4.69, 9.17) is 4.42 Å². The first-order valence-electron chi connectivity index (χ1n) is 7.18. The van der Waals surface area contributed by atoms with Gasteiger partial charge in [-0.1, -0.05) is 12.8 Å². The Kier molecular flexibility index (Phi) is 3.39. The van der Waals surface area contributed by atoms with Crippen LogP contribution in [0.3, 0.4) is 0 Å². The minimum absolute atomic E-state index is 0.334. The largest absolute Gasteiger partial charge is 0.469 e. The van der Waals surface area contributed by atoms with Gasteiger partial charge in [0.25, 0.3) is 0 Å². The van der Waals surface area contributed by atoms with Crippen LogP contribution in [0, 0.1) is 0 Å². The monoisotopic (exact) mass is 247 g/mol. The standard InChI is InChI=1S/C15H21NO2/c17-15(10-9-14-6-3-11-18-14)16(13-7-8-13)12-4-1-2-5-12/h3,6,11-13H,1-2,4-5,7-10H2. The van der Waals surface area contributed by atoms with E-state index in [1.807, 2.05) is 12.1 Å². The summed E-state index contributed by atoms with van der Waals surface area (Å²) in [5.41, 5.74) is 0. The van der Waals surface area contributed by atoms with Gasteiger partial charge in [0.1, 0.15) is 5.76 Å². The van der Waals surface area contributed by atoms with Gasteiger partial charge in [0.15, 0.2) is 0 Å². The lowest BCUT2D eigenvalue weighted by Crippen LogP contribution is -2.40. The second-order valence-corrected chi connectivity index (χ2v) is 5.55. The molecule has 18 heavy (non-hydrogen) atoms. The number of carbonyl (C=O) groups is 1. The van der Waals surface area contributed by atoms with E-state index in [1.165, 1.54) is 38.5 Å². The van der Waals surface area contributed by atoms with E-state index in [0.29, 0.717) is 24.4 Å². The van der Waals surface area contributed by atoms with Gasteiger partial charge in [0.05, 0.1) is 6.26 Å². The number of hydrogen-bond acceptors (Lipinski definition) is 2. The first-order chi connectivity index (χ1) is 8.84. The zero-order valence-corrected chi connectivity index (χ0v) is 10.8. The summed E-state index contributed by atoms with van der Waals surface area (Å²) in [6, 6.07) is 4.92. The predicted molar refractivity (Wildman–Crippen MR) is 69.2 cm³/mol. The molecule has 0 unspecified atom stereocenters. The SMILES string of the molecule is O=C(CCc1ccco1)N(C1CCCC1)C1CC1. The number of rotatable bonds is 5. The van der Waals surface area contributed by atoms with Crippen molar-refractivity contribution in [1.82, 2.24) is 4.90 Å². The fourth-order valence-corrected chi connectivity index (χ4v) is 3.05. The molecule has 3 rings (SSSR count). The van der Waals surface area contributed by atoms with Crippen LogP contribution in [0.5, 0.6) is 0 Å². The highest BCUT2D eigenvalue weighted by molar-refractivity contribution is 5.77. The van der Waals surface area contributed by atoms with Crippen LogP contribution in [0.25, 0.3) is 0 Å². The van der Waals surface area contributed by atoms with Gasteiger partial charge in [-0.25, -0.2) is 0 Å². The molecule has 0 aliphatic heterocycles. The van der Waals surface area contributed by atoms with E-state index in [2.05, 4.69) is 4.90 Å². The number of furan rings is 1. The molecular weight excluding hydrogens is 226 g/mol. The van der Waals surface area contributed by atoms with Gasteiger partial charge in [0.2, 0.25) is 5.91 Å². The maximum absolute atomic E-state index is 12.4. The summed E-state index contributed by atoms with van der Waals surface area (Å²) in [6.07, 6.45) is 10.4. The Hall–Kier alpha value is -1.25. The van der Waals surface area contributed by atoms with Gasteiger partial charge < -0.3 is 9.32 Å². The average Bonchev–Trinajstić information content (AvgIpc) is 2.86. The van der Waals surface area contributed by atoms with Crippen LogP contribution in [-0.4, -0.2) is 22.9 Å². The molecule has 0 bridgehead atoms. The molecule has 1 amide bonds. The van der Waals surface area contributed by atoms with E-state index >= 15 is 0 Å². The van der Waals surface area contributed by atoms with Crippen LogP contribution in [0.4, 0.5) is 0 Å². The molecule has 2 saturated carbocycles. The lowest BCUT2D eigenvalue weighted by atomic mass is 10.1. The fourth-order valence-electron chi connectivity index (χ4n) is 3.05. The van der Waals surface area contributed by atoms with Gasteiger partial charge in [-0.05, 0) is 37.8 Å².